The second kappa shape index (κ2) is 10.3. The minimum atomic E-state index is 0.668. The molecule has 13 heavy (non-hydrogen) atoms. The largest absolute Gasteiger partial charge is 0.382 e. The smallest absolute Gasteiger partial charge is 0.0700 e. The summed E-state index contributed by atoms with van der Waals surface area (Å²) in [7, 11) is 1.68. The van der Waals surface area contributed by atoms with Crippen LogP contribution in [0.15, 0.2) is 0 Å². The number of rotatable bonds is 9. The molecule has 0 bridgehead atoms. The number of methoxy groups -OCH3 is 1. The first kappa shape index (κ1) is 13.2. The highest BCUT2D eigenvalue weighted by Crippen LogP contribution is 1.89. The van der Waals surface area contributed by atoms with Gasteiger partial charge in [0.2, 0.25) is 0 Å². The van der Waals surface area contributed by atoms with Gasteiger partial charge in [0, 0.05) is 26.1 Å². The predicted octanol–water partition coefficient (Wildman–Crippen LogP) is 1.21. The lowest BCUT2D eigenvalue weighted by Gasteiger charge is -2.18. The highest BCUT2D eigenvalue weighted by atomic mass is 35.5. The zero-order valence-corrected chi connectivity index (χ0v) is 9.35. The summed E-state index contributed by atoms with van der Waals surface area (Å²) in [6.07, 6.45) is 0. The molecular weight excluding hydrogens is 190 g/mol. The molecule has 0 saturated carbocycles. The van der Waals surface area contributed by atoms with Crippen LogP contribution in [-0.4, -0.2) is 57.3 Å². The molecular formula is C9H20ClNO2. The van der Waals surface area contributed by atoms with Gasteiger partial charge >= 0.3 is 0 Å². The molecule has 0 aromatic carbocycles. The molecule has 0 fully saturated rings. The van der Waals surface area contributed by atoms with Gasteiger partial charge < -0.3 is 14.4 Å². The number of alkyl halides is 1. The highest BCUT2D eigenvalue weighted by molar-refractivity contribution is 6.18. The predicted molar refractivity (Wildman–Crippen MR) is 55.5 cm³/mol. The summed E-state index contributed by atoms with van der Waals surface area (Å²) in [5.74, 6) is 0.686. The zero-order chi connectivity index (χ0) is 9.94. The molecule has 0 N–H and O–H groups in total. The number of nitrogens with zero attached hydrogens (tertiary/aromatic N) is 1. The van der Waals surface area contributed by atoms with E-state index in [1.807, 2.05) is 0 Å². The lowest BCUT2D eigenvalue weighted by atomic mass is 10.5. The maximum Gasteiger partial charge on any atom is 0.0700 e. The van der Waals surface area contributed by atoms with Crippen LogP contribution in [0.5, 0.6) is 0 Å². The number of likely N-dealkylation sites (N-methyl/N-ethyl adjacent to an activating group) is 1. The van der Waals surface area contributed by atoms with E-state index < -0.39 is 0 Å². The Morgan fingerprint density at radius 3 is 2.46 bits per heavy atom. The van der Waals surface area contributed by atoms with Crippen molar-refractivity contribution in [1.29, 1.82) is 0 Å². The second-order valence-corrected chi connectivity index (χ2v) is 3.11. The molecule has 0 aromatic heterocycles. The summed E-state index contributed by atoms with van der Waals surface area (Å²) in [6, 6.07) is 0. The number of ether oxygens (including phenoxy) is 2. The number of hydrogen-bond donors (Lipinski definition) is 0. The summed E-state index contributed by atoms with van der Waals surface area (Å²) in [4.78, 5) is 2.26. The van der Waals surface area contributed by atoms with Crippen molar-refractivity contribution in [2.45, 2.75) is 6.92 Å². The SMILES string of the molecule is CCN(CCCl)CCOCCOC. The molecule has 0 aromatic rings. The van der Waals surface area contributed by atoms with Gasteiger partial charge in [-0.1, -0.05) is 6.92 Å². The van der Waals surface area contributed by atoms with Crippen LogP contribution >= 0.6 is 11.6 Å². The summed E-state index contributed by atoms with van der Waals surface area (Å²) in [5.41, 5.74) is 0. The third kappa shape index (κ3) is 8.50. The third-order valence-corrected chi connectivity index (χ3v) is 2.00. The Morgan fingerprint density at radius 2 is 1.92 bits per heavy atom. The fourth-order valence-corrected chi connectivity index (χ4v) is 1.22. The topological polar surface area (TPSA) is 21.7 Å². The van der Waals surface area contributed by atoms with Crippen LogP contribution in [0.3, 0.4) is 0 Å². The molecule has 4 heteroatoms. The fourth-order valence-electron chi connectivity index (χ4n) is 0.986. The fraction of sp³-hybridized carbons (Fsp3) is 1.00. The molecule has 0 radical (unpaired) electrons. The highest BCUT2D eigenvalue weighted by Gasteiger charge is 1.99. The monoisotopic (exact) mass is 209 g/mol. The Bertz CT molecular complexity index is 104. The Kier molecular flexibility index (Phi) is 10.4. The second-order valence-electron chi connectivity index (χ2n) is 2.73. The molecule has 3 nitrogen and oxygen atoms in total. The van der Waals surface area contributed by atoms with Crippen LogP contribution in [0.1, 0.15) is 6.92 Å². The molecule has 0 aliphatic rings. The van der Waals surface area contributed by atoms with Gasteiger partial charge in [-0.3, -0.25) is 0 Å². The minimum absolute atomic E-state index is 0.668. The van der Waals surface area contributed by atoms with Gasteiger partial charge in [-0.25, -0.2) is 0 Å². The Labute approximate surface area is 85.9 Å². The first-order valence-electron chi connectivity index (χ1n) is 4.70. The maximum absolute atomic E-state index is 5.64. The van der Waals surface area contributed by atoms with Gasteiger partial charge in [-0.2, -0.15) is 0 Å². The summed E-state index contributed by atoms with van der Waals surface area (Å²) in [6.45, 7) is 7.14. The van der Waals surface area contributed by atoms with Crippen molar-refractivity contribution in [3.05, 3.63) is 0 Å². The molecule has 80 valence electrons. The van der Waals surface area contributed by atoms with Crippen molar-refractivity contribution in [2.24, 2.45) is 0 Å². The van der Waals surface area contributed by atoms with Gasteiger partial charge in [0.25, 0.3) is 0 Å². The molecule has 0 spiro atoms. The normalized spacial score (nSPS) is 11.1. The molecule has 0 unspecified atom stereocenters. The molecule has 0 aliphatic heterocycles. The van der Waals surface area contributed by atoms with Gasteiger partial charge in [-0.15, -0.1) is 11.6 Å². The summed E-state index contributed by atoms with van der Waals surface area (Å²) >= 11 is 5.64. The van der Waals surface area contributed by atoms with Gasteiger partial charge in [-0.05, 0) is 6.54 Å². The van der Waals surface area contributed by atoms with E-state index in [1.165, 1.54) is 0 Å². The lowest BCUT2D eigenvalue weighted by Crippen LogP contribution is -2.29. The van der Waals surface area contributed by atoms with Crippen molar-refractivity contribution in [3.8, 4) is 0 Å². The van der Waals surface area contributed by atoms with Crippen molar-refractivity contribution >= 4 is 11.6 Å². The number of hydrogen-bond acceptors (Lipinski definition) is 3. The van der Waals surface area contributed by atoms with E-state index in [1.54, 1.807) is 7.11 Å². The van der Waals surface area contributed by atoms with Gasteiger partial charge in [0.15, 0.2) is 0 Å². The Morgan fingerprint density at radius 1 is 1.15 bits per heavy atom. The van der Waals surface area contributed by atoms with Crippen molar-refractivity contribution in [2.75, 3.05) is 52.4 Å². The third-order valence-electron chi connectivity index (χ3n) is 1.83. The van der Waals surface area contributed by atoms with E-state index in [4.69, 9.17) is 21.1 Å². The average molecular weight is 210 g/mol. The standard InChI is InChI=1S/C9H20ClNO2/c1-3-11(5-4-10)6-7-13-9-8-12-2/h3-9H2,1-2H3. The van der Waals surface area contributed by atoms with Crippen LogP contribution in [0.2, 0.25) is 0 Å². The molecule has 0 aliphatic carbocycles. The van der Waals surface area contributed by atoms with E-state index in [2.05, 4.69) is 11.8 Å². The molecule has 0 heterocycles. The first-order chi connectivity index (χ1) is 6.35. The van der Waals surface area contributed by atoms with E-state index in [0.717, 1.165) is 26.2 Å². The van der Waals surface area contributed by atoms with Crippen LogP contribution in [0, 0.1) is 0 Å². The molecule has 0 saturated heterocycles. The minimum Gasteiger partial charge on any atom is -0.382 e. The summed E-state index contributed by atoms with van der Waals surface area (Å²) < 4.78 is 10.2. The zero-order valence-electron chi connectivity index (χ0n) is 8.59. The maximum atomic E-state index is 5.64. The number of halogens is 1. The van der Waals surface area contributed by atoms with Crippen LogP contribution in [0.4, 0.5) is 0 Å². The van der Waals surface area contributed by atoms with Crippen LogP contribution < -0.4 is 0 Å². The molecule has 0 amide bonds. The van der Waals surface area contributed by atoms with Crippen LogP contribution in [0.25, 0.3) is 0 Å². The van der Waals surface area contributed by atoms with E-state index in [9.17, 15) is 0 Å². The van der Waals surface area contributed by atoms with Crippen LogP contribution in [-0.2, 0) is 9.47 Å². The average Bonchev–Trinajstić information content (AvgIpc) is 2.16. The van der Waals surface area contributed by atoms with Crippen molar-refractivity contribution < 1.29 is 9.47 Å². The first-order valence-corrected chi connectivity index (χ1v) is 5.23. The molecule has 0 atom stereocenters. The van der Waals surface area contributed by atoms with Gasteiger partial charge in [0.1, 0.15) is 0 Å². The van der Waals surface area contributed by atoms with E-state index in [0.29, 0.717) is 19.1 Å². The van der Waals surface area contributed by atoms with E-state index >= 15 is 0 Å². The Balaban J connectivity index is 3.17. The summed E-state index contributed by atoms with van der Waals surface area (Å²) in [5, 5.41) is 0. The van der Waals surface area contributed by atoms with Crippen molar-refractivity contribution in [1.82, 2.24) is 4.90 Å². The Hall–Kier alpha value is 0.170. The van der Waals surface area contributed by atoms with Gasteiger partial charge in [0.05, 0.1) is 19.8 Å². The van der Waals surface area contributed by atoms with Crippen molar-refractivity contribution in [3.63, 3.8) is 0 Å². The van der Waals surface area contributed by atoms with E-state index in [-0.39, 0.29) is 0 Å². The quantitative estimate of drug-likeness (QED) is 0.421. The lowest BCUT2D eigenvalue weighted by molar-refractivity contribution is 0.0587. The molecule has 0 rings (SSSR count).